The fourth-order valence-corrected chi connectivity index (χ4v) is 3.10. The maximum atomic E-state index is 10.2. The first-order valence-corrected chi connectivity index (χ1v) is 7.35. The molecule has 0 bridgehead atoms. The van der Waals surface area contributed by atoms with Gasteiger partial charge in [-0.3, -0.25) is 4.90 Å². The van der Waals surface area contributed by atoms with Crippen LogP contribution in [0.1, 0.15) is 25.3 Å². The lowest BCUT2D eigenvalue weighted by molar-refractivity contribution is 0.138. The molecule has 1 aliphatic heterocycles. The quantitative estimate of drug-likeness (QED) is 0.894. The molecule has 1 fully saturated rings. The monoisotopic (exact) mass is 328 g/mol. The van der Waals surface area contributed by atoms with Gasteiger partial charge in [-0.05, 0) is 31.9 Å². The number of rotatable bonds is 3. The molecule has 0 saturated carbocycles. The fraction of sp³-hybridized carbons (Fsp3) is 0.571. The number of methoxy groups -OCH3 is 1. The molecule has 1 heterocycles. The average Bonchev–Trinajstić information content (AvgIpc) is 2.36. The Labute approximate surface area is 122 Å². The van der Waals surface area contributed by atoms with Gasteiger partial charge in [-0.25, -0.2) is 0 Å². The highest BCUT2D eigenvalue weighted by Crippen LogP contribution is 2.35. The van der Waals surface area contributed by atoms with Crippen molar-refractivity contribution in [1.82, 2.24) is 4.90 Å². The van der Waals surface area contributed by atoms with Crippen molar-refractivity contribution in [2.45, 2.75) is 38.4 Å². The highest BCUT2D eigenvalue weighted by molar-refractivity contribution is 9.10. The zero-order valence-corrected chi connectivity index (χ0v) is 13.0. The van der Waals surface area contributed by atoms with Gasteiger partial charge in [0.15, 0.2) is 11.5 Å². The van der Waals surface area contributed by atoms with E-state index >= 15 is 0 Å². The third kappa shape index (κ3) is 3.41. The predicted molar refractivity (Wildman–Crippen MR) is 79.4 cm³/mol. The molecule has 2 rings (SSSR count). The van der Waals surface area contributed by atoms with Crippen molar-refractivity contribution in [2.24, 2.45) is 5.73 Å². The number of phenolic OH excluding ortho intramolecular Hbond substituents is 1. The van der Waals surface area contributed by atoms with E-state index in [2.05, 4.69) is 27.8 Å². The van der Waals surface area contributed by atoms with E-state index in [-0.39, 0.29) is 5.75 Å². The van der Waals surface area contributed by atoms with E-state index < -0.39 is 0 Å². The van der Waals surface area contributed by atoms with Crippen molar-refractivity contribution in [2.75, 3.05) is 13.7 Å². The van der Waals surface area contributed by atoms with Crippen molar-refractivity contribution in [3.05, 3.63) is 22.2 Å². The zero-order valence-electron chi connectivity index (χ0n) is 11.4. The molecule has 19 heavy (non-hydrogen) atoms. The molecule has 1 aliphatic rings. The van der Waals surface area contributed by atoms with E-state index in [1.54, 1.807) is 13.2 Å². The van der Waals surface area contributed by atoms with Crippen LogP contribution in [0.5, 0.6) is 11.5 Å². The molecule has 0 amide bonds. The Morgan fingerprint density at radius 3 is 2.89 bits per heavy atom. The molecule has 5 heteroatoms. The third-order valence-electron chi connectivity index (χ3n) is 3.77. The summed E-state index contributed by atoms with van der Waals surface area (Å²) in [5, 5.41) is 10.2. The minimum Gasteiger partial charge on any atom is -0.504 e. The first kappa shape index (κ1) is 14.6. The van der Waals surface area contributed by atoms with Gasteiger partial charge in [-0.1, -0.05) is 15.9 Å². The second-order valence-electron chi connectivity index (χ2n) is 5.22. The molecular formula is C14H21BrN2O2. The molecule has 3 N–H and O–H groups in total. The van der Waals surface area contributed by atoms with Crippen LogP contribution in [-0.2, 0) is 6.54 Å². The number of hydrogen-bond acceptors (Lipinski definition) is 4. The molecular weight excluding hydrogens is 308 g/mol. The summed E-state index contributed by atoms with van der Waals surface area (Å²) in [6, 6.07) is 4.46. The number of nitrogens with two attached hydrogens (primary N) is 1. The van der Waals surface area contributed by atoms with Crippen LogP contribution in [0.4, 0.5) is 0 Å². The van der Waals surface area contributed by atoms with Crippen LogP contribution in [0.2, 0.25) is 0 Å². The maximum absolute atomic E-state index is 10.2. The molecule has 2 atom stereocenters. The Balaban J connectivity index is 2.17. The summed E-state index contributed by atoms with van der Waals surface area (Å²) in [5.41, 5.74) is 6.86. The fourth-order valence-electron chi connectivity index (χ4n) is 2.62. The minimum absolute atomic E-state index is 0.229. The van der Waals surface area contributed by atoms with Crippen molar-refractivity contribution < 1.29 is 9.84 Å². The lowest BCUT2D eigenvalue weighted by atomic mass is 9.98. The van der Waals surface area contributed by atoms with Crippen LogP contribution in [0.25, 0.3) is 0 Å². The number of benzene rings is 1. The van der Waals surface area contributed by atoms with Crippen LogP contribution in [0, 0.1) is 0 Å². The Hall–Kier alpha value is -0.780. The van der Waals surface area contributed by atoms with Gasteiger partial charge in [0.05, 0.1) is 7.11 Å². The summed E-state index contributed by atoms with van der Waals surface area (Å²) in [7, 11) is 1.56. The molecule has 0 spiro atoms. The van der Waals surface area contributed by atoms with Gasteiger partial charge < -0.3 is 15.6 Å². The van der Waals surface area contributed by atoms with Crippen LogP contribution in [0.3, 0.4) is 0 Å². The van der Waals surface area contributed by atoms with Gasteiger partial charge in [0, 0.05) is 35.2 Å². The molecule has 1 aromatic rings. The topological polar surface area (TPSA) is 58.7 Å². The standard InChI is InChI=1S/C14H21BrN2O2/c1-9-5-12(16)3-4-17(9)8-10-6-11(15)7-13(19-2)14(10)18/h6-7,9,12,18H,3-5,8,16H2,1-2H3. The van der Waals surface area contributed by atoms with E-state index in [1.807, 2.05) is 6.07 Å². The molecule has 4 nitrogen and oxygen atoms in total. The molecule has 2 unspecified atom stereocenters. The molecule has 0 aliphatic carbocycles. The normalized spacial score (nSPS) is 24.4. The van der Waals surface area contributed by atoms with Crippen LogP contribution in [-0.4, -0.2) is 35.7 Å². The van der Waals surface area contributed by atoms with E-state index in [9.17, 15) is 5.11 Å². The highest BCUT2D eigenvalue weighted by atomic mass is 79.9. The molecule has 106 valence electrons. The summed E-state index contributed by atoms with van der Waals surface area (Å²) in [6.07, 6.45) is 2.02. The van der Waals surface area contributed by atoms with E-state index in [4.69, 9.17) is 10.5 Å². The second-order valence-corrected chi connectivity index (χ2v) is 6.14. The number of aromatic hydroxyl groups is 1. The lowest BCUT2D eigenvalue weighted by Crippen LogP contribution is -2.44. The third-order valence-corrected chi connectivity index (χ3v) is 4.22. The van der Waals surface area contributed by atoms with Crippen LogP contribution < -0.4 is 10.5 Å². The molecule has 1 aromatic carbocycles. The van der Waals surface area contributed by atoms with Gasteiger partial charge in [0.2, 0.25) is 0 Å². The zero-order chi connectivity index (χ0) is 14.0. The first-order valence-electron chi connectivity index (χ1n) is 6.56. The van der Waals surface area contributed by atoms with Crippen molar-refractivity contribution in [3.8, 4) is 11.5 Å². The van der Waals surface area contributed by atoms with Crippen LogP contribution >= 0.6 is 15.9 Å². The summed E-state index contributed by atoms with van der Waals surface area (Å²) in [5.74, 6) is 0.735. The number of piperidine rings is 1. The lowest BCUT2D eigenvalue weighted by Gasteiger charge is -2.36. The number of phenols is 1. The van der Waals surface area contributed by atoms with Gasteiger partial charge in [0.25, 0.3) is 0 Å². The number of halogens is 1. The largest absolute Gasteiger partial charge is 0.504 e. The SMILES string of the molecule is COc1cc(Br)cc(CN2CCC(N)CC2C)c1O. The van der Waals surface area contributed by atoms with Gasteiger partial charge >= 0.3 is 0 Å². The summed E-state index contributed by atoms with van der Waals surface area (Å²) in [6.45, 7) is 3.87. The Morgan fingerprint density at radius 1 is 1.53 bits per heavy atom. The van der Waals surface area contributed by atoms with Gasteiger partial charge in [-0.15, -0.1) is 0 Å². The summed E-state index contributed by atoms with van der Waals surface area (Å²) >= 11 is 3.45. The summed E-state index contributed by atoms with van der Waals surface area (Å²) < 4.78 is 6.10. The van der Waals surface area contributed by atoms with Crippen molar-refractivity contribution >= 4 is 15.9 Å². The maximum Gasteiger partial charge on any atom is 0.162 e. The predicted octanol–water partition coefficient (Wildman–Crippen LogP) is 2.47. The van der Waals surface area contributed by atoms with Crippen LogP contribution in [0.15, 0.2) is 16.6 Å². The Kier molecular flexibility index (Phi) is 4.71. The van der Waals surface area contributed by atoms with E-state index in [0.29, 0.717) is 17.8 Å². The van der Waals surface area contributed by atoms with Crippen molar-refractivity contribution in [3.63, 3.8) is 0 Å². The summed E-state index contributed by atoms with van der Waals surface area (Å²) in [4.78, 5) is 2.35. The average molecular weight is 329 g/mol. The highest BCUT2D eigenvalue weighted by Gasteiger charge is 2.24. The smallest absolute Gasteiger partial charge is 0.162 e. The second kappa shape index (κ2) is 6.11. The number of likely N-dealkylation sites (tertiary alicyclic amines) is 1. The van der Waals surface area contributed by atoms with Crippen molar-refractivity contribution in [1.29, 1.82) is 0 Å². The minimum atomic E-state index is 0.229. The Bertz CT molecular complexity index is 453. The Morgan fingerprint density at radius 2 is 2.26 bits per heavy atom. The van der Waals surface area contributed by atoms with Gasteiger partial charge in [-0.2, -0.15) is 0 Å². The number of nitrogens with zero attached hydrogens (tertiary/aromatic N) is 1. The van der Waals surface area contributed by atoms with E-state index in [1.165, 1.54) is 0 Å². The van der Waals surface area contributed by atoms with E-state index in [0.717, 1.165) is 36.0 Å². The molecule has 0 radical (unpaired) electrons. The first-order chi connectivity index (χ1) is 9.01. The number of ether oxygens (including phenoxy) is 1. The number of hydrogen-bond donors (Lipinski definition) is 2. The van der Waals surface area contributed by atoms with Gasteiger partial charge in [0.1, 0.15) is 0 Å². The molecule has 1 saturated heterocycles. The molecule has 0 aromatic heterocycles.